The fourth-order valence-corrected chi connectivity index (χ4v) is 4.11. The summed E-state index contributed by atoms with van der Waals surface area (Å²) in [6, 6.07) is 15.5. The first-order valence-electron chi connectivity index (χ1n) is 11.0. The Morgan fingerprint density at radius 3 is 2.53 bits per heavy atom. The van der Waals surface area contributed by atoms with Gasteiger partial charge in [-0.1, -0.05) is 35.5 Å². The number of benzene rings is 2. The smallest absolute Gasteiger partial charge is 0.254 e. The molecular formula is C24H26N4O4. The molecule has 0 spiro atoms. The number of carbonyl (C=O) groups excluding carboxylic acids is 1. The summed E-state index contributed by atoms with van der Waals surface area (Å²) in [6.07, 6.45) is 0.648. The number of piperazine rings is 1. The van der Waals surface area contributed by atoms with Gasteiger partial charge in [0, 0.05) is 38.2 Å². The van der Waals surface area contributed by atoms with Crippen LogP contribution >= 0.6 is 0 Å². The Bertz CT molecular complexity index is 1080. The summed E-state index contributed by atoms with van der Waals surface area (Å²) in [5, 5.41) is 4.15. The lowest BCUT2D eigenvalue weighted by Gasteiger charge is -2.36. The van der Waals surface area contributed by atoms with E-state index in [9.17, 15) is 4.79 Å². The molecule has 3 heterocycles. The van der Waals surface area contributed by atoms with Crippen LogP contribution in [0.4, 0.5) is 0 Å². The van der Waals surface area contributed by atoms with E-state index in [1.165, 1.54) is 0 Å². The van der Waals surface area contributed by atoms with Crippen LogP contribution in [0.25, 0.3) is 0 Å². The van der Waals surface area contributed by atoms with E-state index in [4.69, 9.17) is 14.0 Å². The van der Waals surface area contributed by atoms with Crippen LogP contribution in [0.2, 0.25) is 0 Å². The average molecular weight is 434 g/mol. The molecule has 2 aliphatic rings. The monoisotopic (exact) mass is 434 g/mol. The Morgan fingerprint density at radius 2 is 1.75 bits per heavy atom. The highest BCUT2D eigenvalue weighted by Gasteiger charge is 2.28. The second-order valence-electron chi connectivity index (χ2n) is 8.07. The van der Waals surface area contributed by atoms with Crippen LogP contribution < -0.4 is 9.47 Å². The molecule has 0 radical (unpaired) electrons. The van der Waals surface area contributed by atoms with Crippen molar-refractivity contribution in [3.63, 3.8) is 0 Å². The maximum atomic E-state index is 13.0. The van der Waals surface area contributed by atoms with Gasteiger partial charge in [0.2, 0.25) is 5.89 Å². The molecule has 2 aromatic carbocycles. The summed E-state index contributed by atoms with van der Waals surface area (Å²) in [4.78, 5) is 21.7. The largest absolute Gasteiger partial charge is 0.486 e. The summed E-state index contributed by atoms with van der Waals surface area (Å²) in [5.41, 5.74) is 1.77. The number of amides is 1. The van der Waals surface area contributed by atoms with Gasteiger partial charge in [-0.25, -0.2) is 0 Å². The SMILES string of the molecule is CC(c1nc(Cc2ccccc2)no1)N1CCN(C(=O)c2ccc3c(c2)OCCO3)CC1. The molecule has 32 heavy (non-hydrogen) atoms. The van der Waals surface area contributed by atoms with Gasteiger partial charge in [0.1, 0.15) is 13.2 Å². The first-order chi connectivity index (χ1) is 15.7. The zero-order valence-corrected chi connectivity index (χ0v) is 18.1. The van der Waals surface area contributed by atoms with Crippen molar-refractivity contribution in [1.29, 1.82) is 0 Å². The summed E-state index contributed by atoms with van der Waals surface area (Å²) >= 11 is 0. The van der Waals surface area contributed by atoms with E-state index in [1.807, 2.05) is 29.2 Å². The van der Waals surface area contributed by atoms with Gasteiger partial charge in [0.25, 0.3) is 5.91 Å². The molecule has 5 rings (SSSR count). The van der Waals surface area contributed by atoms with Gasteiger partial charge in [0.15, 0.2) is 17.3 Å². The number of hydrogen-bond acceptors (Lipinski definition) is 7. The highest BCUT2D eigenvalue weighted by Crippen LogP contribution is 2.31. The van der Waals surface area contributed by atoms with E-state index in [-0.39, 0.29) is 11.9 Å². The molecule has 0 bridgehead atoms. The van der Waals surface area contributed by atoms with Crippen molar-refractivity contribution >= 4 is 5.91 Å². The lowest BCUT2D eigenvalue weighted by molar-refractivity contribution is 0.0551. The Kier molecular flexibility index (Phi) is 5.77. The van der Waals surface area contributed by atoms with Crippen molar-refractivity contribution in [2.24, 2.45) is 0 Å². The molecule has 166 valence electrons. The zero-order valence-electron chi connectivity index (χ0n) is 18.1. The van der Waals surface area contributed by atoms with Crippen molar-refractivity contribution in [3.8, 4) is 11.5 Å². The van der Waals surface area contributed by atoms with Gasteiger partial charge in [-0.3, -0.25) is 9.69 Å². The number of fused-ring (bicyclic) bond motifs is 1. The maximum Gasteiger partial charge on any atom is 0.254 e. The van der Waals surface area contributed by atoms with Crippen LogP contribution in [-0.2, 0) is 6.42 Å². The number of aromatic nitrogens is 2. The quantitative estimate of drug-likeness (QED) is 0.611. The molecule has 8 nitrogen and oxygen atoms in total. The molecular weight excluding hydrogens is 408 g/mol. The van der Waals surface area contributed by atoms with E-state index in [0.717, 1.165) is 18.7 Å². The first kappa shape index (κ1) is 20.5. The van der Waals surface area contributed by atoms with Crippen molar-refractivity contribution in [2.75, 3.05) is 39.4 Å². The predicted molar refractivity (Wildman–Crippen MR) is 117 cm³/mol. The van der Waals surface area contributed by atoms with Gasteiger partial charge in [-0.15, -0.1) is 0 Å². The molecule has 1 fully saturated rings. The van der Waals surface area contributed by atoms with E-state index in [1.54, 1.807) is 12.1 Å². The number of hydrogen-bond donors (Lipinski definition) is 0. The molecule has 1 unspecified atom stereocenters. The number of ether oxygens (including phenoxy) is 2. The van der Waals surface area contributed by atoms with Crippen LogP contribution in [0.5, 0.6) is 11.5 Å². The van der Waals surface area contributed by atoms with Crippen LogP contribution in [0.1, 0.15) is 40.6 Å². The lowest BCUT2D eigenvalue weighted by atomic mass is 10.1. The third-order valence-electron chi connectivity index (χ3n) is 5.98. The Balaban J connectivity index is 1.18. The van der Waals surface area contributed by atoms with Crippen molar-refractivity contribution in [3.05, 3.63) is 71.4 Å². The van der Waals surface area contributed by atoms with Crippen LogP contribution in [0.15, 0.2) is 53.1 Å². The van der Waals surface area contributed by atoms with E-state index >= 15 is 0 Å². The molecule has 0 aliphatic carbocycles. The fourth-order valence-electron chi connectivity index (χ4n) is 4.11. The highest BCUT2D eigenvalue weighted by atomic mass is 16.6. The molecule has 1 saturated heterocycles. The summed E-state index contributed by atoms with van der Waals surface area (Å²) in [7, 11) is 0. The van der Waals surface area contributed by atoms with Gasteiger partial charge in [-0.2, -0.15) is 4.98 Å². The van der Waals surface area contributed by atoms with Gasteiger partial charge >= 0.3 is 0 Å². The third-order valence-corrected chi connectivity index (χ3v) is 5.98. The normalized spacial score (nSPS) is 17.2. The van der Waals surface area contributed by atoms with Crippen LogP contribution in [-0.4, -0.2) is 65.2 Å². The summed E-state index contributed by atoms with van der Waals surface area (Å²) in [5.74, 6) is 2.64. The van der Waals surface area contributed by atoms with Gasteiger partial charge < -0.3 is 18.9 Å². The summed E-state index contributed by atoms with van der Waals surface area (Å²) < 4.78 is 16.7. The Morgan fingerprint density at radius 1 is 1.00 bits per heavy atom. The van der Waals surface area contributed by atoms with E-state index in [2.05, 4.69) is 34.1 Å². The molecule has 2 aliphatic heterocycles. The first-order valence-corrected chi connectivity index (χ1v) is 11.0. The Hall–Kier alpha value is -3.39. The number of carbonyl (C=O) groups is 1. The fraction of sp³-hybridized carbons (Fsp3) is 0.375. The summed E-state index contributed by atoms with van der Waals surface area (Å²) in [6.45, 7) is 5.88. The number of rotatable bonds is 5. The highest BCUT2D eigenvalue weighted by molar-refractivity contribution is 5.95. The maximum absolute atomic E-state index is 13.0. The lowest BCUT2D eigenvalue weighted by Crippen LogP contribution is -2.49. The minimum Gasteiger partial charge on any atom is -0.486 e. The zero-order chi connectivity index (χ0) is 21.9. The molecule has 1 atom stereocenters. The van der Waals surface area contributed by atoms with E-state index < -0.39 is 0 Å². The molecule has 1 aromatic heterocycles. The molecule has 1 amide bonds. The van der Waals surface area contributed by atoms with Crippen molar-refractivity contribution in [1.82, 2.24) is 19.9 Å². The molecule has 8 heteroatoms. The van der Waals surface area contributed by atoms with Crippen LogP contribution in [0.3, 0.4) is 0 Å². The standard InChI is InChI=1S/C24H26N4O4/c1-17(23-25-22(26-32-23)15-18-5-3-2-4-6-18)27-9-11-28(12-10-27)24(29)19-7-8-20-21(16-19)31-14-13-30-20/h2-8,16-17H,9-15H2,1H3. The minimum absolute atomic E-state index is 0.00133. The topological polar surface area (TPSA) is 80.9 Å². The third kappa shape index (κ3) is 4.31. The van der Waals surface area contributed by atoms with Crippen LogP contribution in [0, 0.1) is 0 Å². The number of nitrogens with zero attached hydrogens (tertiary/aromatic N) is 4. The molecule has 3 aromatic rings. The van der Waals surface area contributed by atoms with Gasteiger partial charge in [0.05, 0.1) is 6.04 Å². The molecule has 0 N–H and O–H groups in total. The average Bonchev–Trinajstić information content (AvgIpc) is 3.32. The van der Waals surface area contributed by atoms with Crippen molar-refractivity contribution in [2.45, 2.75) is 19.4 Å². The van der Waals surface area contributed by atoms with Crippen molar-refractivity contribution < 1.29 is 18.8 Å². The molecule has 0 saturated carbocycles. The van der Waals surface area contributed by atoms with E-state index in [0.29, 0.717) is 61.5 Å². The second kappa shape index (κ2) is 9.00. The second-order valence-corrected chi connectivity index (χ2v) is 8.07. The van der Waals surface area contributed by atoms with Gasteiger partial charge in [-0.05, 0) is 30.7 Å². The Labute approximate surface area is 186 Å². The predicted octanol–water partition coefficient (Wildman–Crippen LogP) is 2.95. The minimum atomic E-state index is -0.00133.